The largest absolute Gasteiger partial charge is 0.466 e. The summed E-state index contributed by atoms with van der Waals surface area (Å²) in [6.07, 6.45) is 2.12. The van der Waals surface area contributed by atoms with Gasteiger partial charge in [-0.05, 0) is 20.3 Å². The van der Waals surface area contributed by atoms with Gasteiger partial charge in [0.1, 0.15) is 6.54 Å². The molecule has 0 unspecified atom stereocenters. The van der Waals surface area contributed by atoms with Crippen LogP contribution in [0.4, 0.5) is 4.79 Å². The molecular formula is C18H30N3O5+. The van der Waals surface area contributed by atoms with Crippen molar-refractivity contribution in [1.29, 1.82) is 0 Å². The Labute approximate surface area is 154 Å². The van der Waals surface area contributed by atoms with E-state index in [1.54, 1.807) is 6.92 Å². The predicted octanol–water partition coefficient (Wildman–Crippen LogP) is -0.247. The van der Waals surface area contributed by atoms with Crippen LogP contribution < -0.4 is 15.5 Å². The first-order valence-electron chi connectivity index (χ1n) is 9.47. The highest BCUT2D eigenvalue weighted by Gasteiger charge is 2.35. The number of piperidine rings is 1. The van der Waals surface area contributed by atoms with Gasteiger partial charge in [0.15, 0.2) is 0 Å². The number of hydrogen-bond acceptors (Lipinski definition) is 5. The Morgan fingerprint density at radius 3 is 2.35 bits per heavy atom. The molecule has 0 spiro atoms. The standard InChI is InChI=1S/C18H29N3O5/c1-4-13-15(17(23)26-6-3)14(20-18(24)19-13)11-21-9-7-12(8-10-21)16(22)25-5-2/h12-13H,4-11H2,1-3H3,(H2,19,20,24)/p+1/t13-/m1/s1. The summed E-state index contributed by atoms with van der Waals surface area (Å²) in [5.74, 6) is -0.565. The van der Waals surface area contributed by atoms with Crippen LogP contribution in [-0.4, -0.2) is 56.9 Å². The molecule has 0 aromatic carbocycles. The lowest BCUT2D eigenvalue weighted by molar-refractivity contribution is -0.901. The highest BCUT2D eigenvalue weighted by Crippen LogP contribution is 2.17. The molecule has 0 saturated carbocycles. The summed E-state index contributed by atoms with van der Waals surface area (Å²) in [7, 11) is 0. The van der Waals surface area contributed by atoms with Gasteiger partial charge in [-0.25, -0.2) is 9.59 Å². The molecular weight excluding hydrogens is 338 g/mol. The van der Waals surface area contributed by atoms with Crippen molar-refractivity contribution in [1.82, 2.24) is 10.6 Å². The molecule has 1 saturated heterocycles. The second-order valence-electron chi connectivity index (χ2n) is 6.63. The lowest BCUT2D eigenvalue weighted by atomic mass is 9.95. The number of esters is 2. The van der Waals surface area contributed by atoms with Crippen LogP contribution in [0.15, 0.2) is 11.3 Å². The Morgan fingerprint density at radius 1 is 1.12 bits per heavy atom. The average molecular weight is 368 g/mol. The molecule has 2 aliphatic rings. The third-order valence-electron chi connectivity index (χ3n) is 4.89. The van der Waals surface area contributed by atoms with Gasteiger partial charge in [0.2, 0.25) is 0 Å². The maximum Gasteiger partial charge on any atom is 0.338 e. The molecule has 0 bridgehead atoms. The van der Waals surface area contributed by atoms with E-state index in [9.17, 15) is 14.4 Å². The van der Waals surface area contributed by atoms with Crippen molar-refractivity contribution < 1.29 is 28.8 Å². The first kappa shape index (κ1) is 20.2. The van der Waals surface area contributed by atoms with Gasteiger partial charge in [-0.2, -0.15) is 0 Å². The fourth-order valence-corrected chi connectivity index (χ4v) is 3.55. The number of amides is 2. The van der Waals surface area contributed by atoms with Crippen molar-refractivity contribution in [2.45, 2.75) is 46.1 Å². The molecule has 0 aromatic heterocycles. The maximum atomic E-state index is 12.4. The normalized spacial score (nSPS) is 26.0. The monoisotopic (exact) mass is 368 g/mol. The van der Waals surface area contributed by atoms with E-state index in [0.717, 1.165) is 25.9 Å². The fraction of sp³-hybridized carbons (Fsp3) is 0.722. The summed E-state index contributed by atoms with van der Waals surface area (Å²) in [6, 6.07) is -0.630. The van der Waals surface area contributed by atoms with Crippen LogP contribution >= 0.6 is 0 Å². The quantitative estimate of drug-likeness (QED) is 0.539. The minimum absolute atomic E-state index is 0.0526. The first-order valence-corrected chi connectivity index (χ1v) is 9.47. The topological polar surface area (TPSA) is 98.2 Å². The van der Waals surface area contributed by atoms with Crippen molar-refractivity contribution in [2.75, 3.05) is 32.8 Å². The SMILES string of the molecule is CCOC(=O)C1=C(C[NH+]2CCC(C(=O)OCC)CC2)NC(=O)N[C@@H]1CC. The zero-order chi connectivity index (χ0) is 19.1. The van der Waals surface area contributed by atoms with E-state index >= 15 is 0 Å². The number of likely N-dealkylation sites (tertiary alicyclic amines) is 1. The predicted molar refractivity (Wildman–Crippen MR) is 94.3 cm³/mol. The third-order valence-corrected chi connectivity index (χ3v) is 4.89. The summed E-state index contributed by atoms with van der Waals surface area (Å²) in [4.78, 5) is 37.4. The summed E-state index contributed by atoms with van der Waals surface area (Å²) in [5.41, 5.74) is 1.14. The third kappa shape index (κ3) is 4.97. The Bertz CT molecular complexity index is 567. The molecule has 0 aromatic rings. The van der Waals surface area contributed by atoms with Gasteiger partial charge in [-0.1, -0.05) is 6.92 Å². The number of urea groups is 1. The van der Waals surface area contributed by atoms with Crippen molar-refractivity contribution in [3.8, 4) is 0 Å². The van der Waals surface area contributed by atoms with Crippen LogP contribution in [0.5, 0.6) is 0 Å². The molecule has 0 aliphatic carbocycles. The second kappa shape index (κ2) is 9.56. The van der Waals surface area contributed by atoms with E-state index in [0.29, 0.717) is 30.8 Å². The summed E-state index contributed by atoms with van der Waals surface area (Å²) >= 11 is 0. The van der Waals surface area contributed by atoms with Crippen LogP contribution in [-0.2, 0) is 19.1 Å². The fourth-order valence-electron chi connectivity index (χ4n) is 3.55. The lowest BCUT2D eigenvalue weighted by Crippen LogP contribution is -3.13. The Hall–Kier alpha value is -2.09. The zero-order valence-electron chi connectivity index (χ0n) is 15.9. The van der Waals surface area contributed by atoms with Gasteiger partial charge in [-0.3, -0.25) is 4.79 Å². The number of hydrogen-bond donors (Lipinski definition) is 3. The molecule has 2 rings (SSSR count). The Balaban J connectivity index is 2.08. The van der Waals surface area contributed by atoms with Gasteiger partial charge in [0, 0.05) is 12.8 Å². The number of nitrogens with one attached hydrogen (secondary N) is 3. The molecule has 8 heteroatoms. The van der Waals surface area contributed by atoms with Gasteiger partial charge >= 0.3 is 18.0 Å². The molecule has 3 N–H and O–H groups in total. The van der Waals surface area contributed by atoms with E-state index < -0.39 is 0 Å². The zero-order valence-corrected chi connectivity index (χ0v) is 15.9. The molecule has 8 nitrogen and oxygen atoms in total. The molecule has 1 fully saturated rings. The van der Waals surface area contributed by atoms with Crippen molar-refractivity contribution in [3.63, 3.8) is 0 Å². The first-order chi connectivity index (χ1) is 12.5. The summed E-state index contributed by atoms with van der Waals surface area (Å²) < 4.78 is 10.3. The smallest absolute Gasteiger partial charge is 0.338 e. The minimum atomic E-state index is -0.386. The second-order valence-corrected chi connectivity index (χ2v) is 6.63. The van der Waals surface area contributed by atoms with E-state index in [4.69, 9.17) is 9.47 Å². The number of quaternary nitrogens is 1. The van der Waals surface area contributed by atoms with Crippen LogP contribution in [0.2, 0.25) is 0 Å². The molecule has 2 amide bonds. The summed E-state index contributed by atoms with van der Waals surface area (Å²) in [6.45, 7) is 8.31. The van der Waals surface area contributed by atoms with Crippen LogP contribution in [0.1, 0.15) is 40.0 Å². The van der Waals surface area contributed by atoms with Gasteiger partial charge in [0.05, 0.1) is 49.5 Å². The van der Waals surface area contributed by atoms with Crippen LogP contribution in [0.25, 0.3) is 0 Å². The Kier molecular flexibility index (Phi) is 7.44. The van der Waals surface area contributed by atoms with Gasteiger partial charge in [-0.15, -0.1) is 0 Å². The Morgan fingerprint density at radius 2 is 1.77 bits per heavy atom. The number of carbonyl (C=O) groups excluding carboxylic acids is 3. The van der Waals surface area contributed by atoms with Gasteiger partial charge in [0.25, 0.3) is 0 Å². The van der Waals surface area contributed by atoms with Crippen molar-refractivity contribution >= 4 is 18.0 Å². The molecule has 2 heterocycles. The minimum Gasteiger partial charge on any atom is -0.466 e. The summed E-state index contributed by atoms with van der Waals surface area (Å²) in [5, 5.41) is 5.57. The molecule has 26 heavy (non-hydrogen) atoms. The van der Waals surface area contributed by atoms with Crippen molar-refractivity contribution in [2.24, 2.45) is 5.92 Å². The maximum absolute atomic E-state index is 12.4. The molecule has 146 valence electrons. The highest BCUT2D eigenvalue weighted by atomic mass is 16.5. The van der Waals surface area contributed by atoms with Crippen LogP contribution in [0, 0.1) is 5.92 Å². The number of carbonyl (C=O) groups is 3. The van der Waals surface area contributed by atoms with E-state index in [2.05, 4.69) is 10.6 Å². The number of ether oxygens (including phenoxy) is 2. The van der Waals surface area contributed by atoms with Crippen LogP contribution in [0.3, 0.4) is 0 Å². The number of rotatable bonds is 7. The van der Waals surface area contributed by atoms with E-state index in [-0.39, 0.29) is 36.5 Å². The van der Waals surface area contributed by atoms with E-state index in [1.807, 2.05) is 13.8 Å². The average Bonchev–Trinajstić information content (AvgIpc) is 2.62. The molecule has 0 radical (unpaired) electrons. The molecule has 1 atom stereocenters. The van der Waals surface area contributed by atoms with E-state index in [1.165, 1.54) is 4.90 Å². The lowest BCUT2D eigenvalue weighted by Gasteiger charge is -2.32. The van der Waals surface area contributed by atoms with Gasteiger partial charge < -0.3 is 25.0 Å². The van der Waals surface area contributed by atoms with Crippen molar-refractivity contribution in [3.05, 3.63) is 11.3 Å². The molecule has 2 aliphatic heterocycles. The highest BCUT2D eigenvalue weighted by molar-refractivity contribution is 5.94.